The van der Waals surface area contributed by atoms with Crippen molar-refractivity contribution >= 4 is 18.0 Å². The van der Waals surface area contributed by atoms with Gasteiger partial charge in [-0.05, 0) is 35.9 Å². The van der Waals surface area contributed by atoms with Crippen molar-refractivity contribution in [1.82, 2.24) is 0 Å². The van der Waals surface area contributed by atoms with Crippen molar-refractivity contribution in [3.8, 4) is 11.5 Å². The highest BCUT2D eigenvalue weighted by Crippen LogP contribution is 2.18. The Bertz CT molecular complexity index is 685. The number of carbonyl (C=O) groups is 2. The molecule has 0 amide bonds. The minimum absolute atomic E-state index is 0.351. The Morgan fingerprint density at radius 1 is 0.818 bits per heavy atom. The van der Waals surface area contributed by atoms with Crippen LogP contribution in [0.3, 0.4) is 0 Å². The van der Waals surface area contributed by atoms with Crippen LogP contribution in [0.25, 0.3) is 6.08 Å². The van der Waals surface area contributed by atoms with E-state index in [9.17, 15) is 9.59 Å². The molecule has 0 radical (unpaired) electrons. The summed E-state index contributed by atoms with van der Waals surface area (Å²) < 4.78 is 10.1. The van der Waals surface area contributed by atoms with Crippen LogP contribution in [0.15, 0.2) is 73.3 Å². The first kappa shape index (κ1) is 15.3. The van der Waals surface area contributed by atoms with E-state index in [0.29, 0.717) is 11.5 Å². The zero-order valence-electron chi connectivity index (χ0n) is 11.8. The molecule has 0 saturated carbocycles. The summed E-state index contributed by atoms with van der Waals surface area (Å²) in [5, 5.41) is 0. The predicted molar refractivity (Wildman–Crippen MR) is 83.4 cm³/mol. The number of benzene rings is 2. The lowest BCUT2D eigenvalue weighted by atomic mass is 10.2. The molecule has 0 saturated heterocycles. The molecule has 0 heterocycles. The van der Waals surface area contributed by atoms with E-state index >= 15 is 0 Å². The Balaban J connectivity index is 1.93. The van der Waals surface area contributed by atoms with E-state index < -0.39 is 11.9 Å². The second-order valence-corrected chi connectivity index (χ2v) is 4.26. The van der Waals surface area contributed by atoms with Gasteiger partial charge in [0.15, 0.2) is 0 Å². The van der Waals surface area contributed by atoms with Crippen LogP contribution in [0.4, 0.5) is 0 Å². The lowest BCUT2D eigenvalue weighted by molar-refractivity contribution is -0.130. The first-order valence-corrected chi connectivity index (χ1v) is 6.56. The van der Waals surface area contributed by atoms with Crippen molar-refractivity contribution in [2.75, 3.05) is 0 Å². The molecule has 2 aromatic carbocycles. The second kappa shape index (κ2) is 7.59. The first-order chi connectivity index (χ1) is 10.7. The summed E-state index contributed by atoms with van der Waals surface area (Å²) in [5.74, 6) is -0.319. The molecule has 0 aliphatic heterocycles. The molecule has 4 heteroatoms. The standard InChI is InChI=1S/C18H14O4/c1-2-17(19)21-15-9-11-16(12-10-15)22-18(20)13-8-14-6-4-3-5-7-14/h2-13H,1H2/b13-8+. The smallest absolute Gasteiger partial charge is 0.336 e. The highest BCUT2D eigenvalue weighted by molar-refractivity contribution is 5.88. The summed E-state index contributed by atoms with van der Waals surface area (Å²) in [7, 11) is 0. The van der Waals surface area contributed by atoms with E-state index in [1.54, 1.807) is 18.2 Å². The maximum absolute atomic E-state index is 11.7. The Kier molecular flexibility index (Phi) is 5.26. The summed E-state index contributed by atoms with van der Waals surface area (Å²) in [6.45, 7) is 3.31. The number of carbonyl (C=O) groups excluding carboxylic acids is 2. The SMILES string of the molecule is C=CC(=O)Oc1ccc(OC(=O)/C=C/c2ccccc2)cc1. The van der Waals surface area contributed by atoms with Crippen molar-refractivity contribution in [2.24, 2.45) is 0 Å². The van der Waals surface area contributed by atoms with Gasteiger partial charge in [-0.15, -0.1) is 0 Å². The van der Waals surface area contributed by atoms with Crippen LogP contribution < -0.4 is 9.47 Å². The van der Waals surface area contributed by atoms with Crippen LogP contribution in [-0.2, 0) is 9.59 Å². The quantitative estimate of drug-likeness (QED) is 0.482. The number of esters is 2. The summed E-state index contributed by atoms with van der Waals surface area (Å²) in [6.07, 6.45) is 4.09. The monoisotopic (exact) mass is 294 g/mol. The van der Waals surface area contributed by atoms with Crippen LogP contribution in [0, 0.1) is 0 Å². The Labute approximate surface area is 128 Å². The average molecular weight is 294 g/mol. The Morgan fingerprint density at radius 2 is 1.36 bits per heavy atom. The fourth-order valence-corrected chi connectivity index (χ4v) is 1.61. The Hall–Kier alpha value is -3.14. The summed E-state index contributed by atoms with van der Waals surface area (Å²) in [6, 6.07) is 15.6. The molecule has 22 heavy (non-hydrogen) atoms. The van der Waals surface area contributed by atoms with Crippen molar-refractivity contribution in [1.29, 1.82) is 0 Å². The molecule has 0 atom stereocenters. The lowest BCUT2D eigenvalue weighted by Crippen LogP contribution is -2.05. The number of ether oxygens (including phenoxy) is 2. The van der Waals surface area contributed by atoms with E-state index in [4.69, 9.17) is 9.47 Å². The molecule has 0 unspecified atom stereocenters. The molecule has 4 nitrogen and oxygen atoms in total. The summed E-state index contributed by atoms with van der Waals surface area (Å²) in [5.41, 5.74) is 0.908. The molecule has 0 N–H and O–H groups in total. The number of rotatable bonds is 5. The Morgan fingerprint density at radius 3 is 1.91 bits per heavy atom. The predicted octanol–water partition coefficient (Wildman–Crippen LogP) is 3.40. The zero-order chi connectivity index (χ0) is 15.8. The van der Waals surface area contributed by atoms with Crippen LogP contribution in [-0.4, -0.2) is 11.9 Å². The average Bonchev–Trinajstić information content (AvgIpc) is 2.55. The molecule has 2 rings (SSSR count). The summed E-state index contributed by atoms with van der Waals surface area (Å²) in [4.78, 5) is 22.7. The van der Waals surface area contributed by atoms with Gasteiger partial charge in [-0.2, -0.15) is 0 Å². The molecule has 0 aliphatic rings. The highest BCUT2D eigenvalue weighted by atomic mass is 16.5. The van der Waals surface area contributed by atoms with Crippen molar-refractivity contribution in [3.05, 3.63) is 78.9 Å². The number of hydrogen-bond donors (Lipinski definition) is 0. The first-order valence-electron chi connectivity index (χ1n) is 6.56. The minimum Gasteiger partial charge on any atom is -0.423 e. The third kappa shape index (κ3) is 4.76. The maximum Gasteiger partial charge on any atom is 0.336 e. The van der Waals surface area contributed by atoms with Gasteiger partial charge in [0.25, 0.3) is 0 Å². The van der Waals surface area contributed by atoms with Crippen LogP contribution in [0.1, 0.15) is 5.56 Å². The van der Waals surface area contributed by atoms with Gasteiger partial charge in [0.05, 0.1) is 0 Å². The third-order valence-corrected chi connectivity index (χ3v) is 2.64. The third-order valence-electron chi connectivity index (χ3n) is 2.64. The van der Waals surface area contributed by atoms with Crippen molar-refractivity contribution < 1.29 is 19.1 Å². The summed E-state index contributed by atoms with van der Waals surface area (Å²) >= 11 is 0. The molecule has 0 spiro atoms. The van der Waals surface area contributed by atoms with Gasteiger partial charge in [-0.25, -0.2) is 9.59 Å². The normalized spacial score (nSPS) is 10.2. The number of hydrogen-bond acceptors (Lipinski definition) is 4. The fraction of sp³-hybridized carbons (Fsp3) is 0. The van der Waals surface area contributed by atoms with E-state index in [-0.39, 0.29) is 0 Å². The van der Waals surface area contributed by atoms with E-state index in [1.807, 2.05) is 30.3 Å². The van der Waals surface area contributed by atoms with Gasteiger partial charge in [0.1, 0.15) is 11.5 Å². The van der Waals surface area contributed by atoms with Crippen molar-refractivity contribution in [3.63, 3.8) is 0 Å². The van der Waals surface area contributed by atoms with Crippen LogP contribution >= 0.6 is 0 Å². The van der Waals surface area contributed by atoms with E-state index in [2.05, 4.69) is 6.58 Å². The molecule has 2 aromatic rings. The van der Waals surface area contributed by atoms with Gasteiger partial charge < -0.3 is 9.47 Å². The van der Waals surface area contributed by atoms with E-state index in [0.717, 1.165) is 11.6 Å². The van der Waals surface area contributed by atoms with Crippen LogP contribution in [0.2, 0.25) is 0 Å². The molecule has 0 fully saturated rings. The topological polar surface area (TPSA) is 52.6 Å². The van der Waals surface area contributed by atoms with Gasteiger partial charge in [0, 0.05) is 12.2 Å². The molecule has 110 valence electrons. The highest BCUT2D eigenvalue weighted by Gasteiger charge is 2.03. The maximum atomic E-state index is 11.7. The lowest BCUT2D eigenvalue weighted by Gasteiger charge is -2.03. The minimum atomic E-state index is -0.546. The largest absolute Gasteiger partial charge is 0.423 e. The second-order valence-electron chi connectivity index (χ2n) is 4.26. The fourth-order valence-electron chi connectivity index (χ4n) is 1.61. The van der Waals surface area contributed by atoms with Gasteiger partial charge in [-0.1, -0.05) is 36.9 Å². The molecule has 0 bridgehead atoms. The molecule has 0 aromatic heterocycles. The molecular formula is C18H14O4. The van der Waals surface area contributed by atoms with E-state index in [1.165, 1.54) is 18.2 Å². The van der Waals surface area contributed by atoms with Gasteiger partial charge >= 0.3 is 11.9 Å². The molecule has 0 aliphatic carbocycles. The van der Waals surface area contributed by atoms with Gasteiger partial charge in [0.2, 0.25) is 0 Å². The van der Waals surface area contributed by atoms with Gasteiger partial charge in [-0.3, -0.25) is 0 Å². The molecular weight excluding hydrogens is 280 g/mol. The zero-order valence-corrected chi connectivity index (χ0v) is 11.8. The van der Waals surface area contributed by atoms with Crippen LogP contribution in [0.5, 0.6) is 11.5 Å². The van der Waals surface area contributed by atoms with Crippen molar-refractivity contribution in [2.45, 2.75) is 0 Å².